The van der Waals surface area contributed by atoms with Gasteiger partial charge in [0.1, 0.15) is 11.6 Å². The average Bonchev–Trinajstić information content (AvgIpc) is 2.88. The SMILES string of the molecule is N#Cc1cc(F)cc(C#Cc2nnc3n2CCNC3)c1. The van der Waals surface area contributed by atoms with Crippen molar-refractivity contribution in [3.05, 3.63) is 46.8 Å². The Bertz CT molecular complexity index is 760. The van der Waals surface area contributed by atoms with Crippen LogP contribution in [0.1, 0.15) is 22.8 Å². The molecule has 0 spiro atoms. The first-order valence-electron chi connectivity index (χ1n) is 6.12. The van der Waals surface area contributed by atoms with Crippen LogP contribution in [0.25, 0.3) is 0 Å². The molecule has 0 saturated carbocycles. The van der Waals surface area contributed by atoms with Gasteiger partial charge in [-0.05, 0) is 24.1 Å². The lowest BCUT2D eigenvalue weighted by molar-refractivity contribution is 0.503. The van der Waals surface area contributed by atoms with Crippen LogP contribution in [0, 0.1) is 29.0 Å². The topological polar surface area (TPSA) is 66.5 Å². The Morgan fingerprint density at radius 2 is 2.05 bits per heavy atom. The van der Waals surface area contributed by atoms with Gasteiger partial charge < -0.3 is 9.88 Å². The first kappa shape index (κ1) is 12.3. The molecule has 0 unspecified atom stereocenters. The minimum Gasteiger partial charge on any atom is -0.308 e. The Balaban J connectivity index is 1.94. The fourth-order valence-electron chi connectivity index (χ4n) is 2.04. The highest BCUT2D eigenvalue weighted by molar-refractivity contribution is 5.44. The van der Waals surface area contributed by atoms with Crippen molar-refractivity contribution in [1.82, 2.24) is 20.1 Å². The number of benzene rings is 1. The van der Waals surface area contributed by atoms with Crippen molar-refractivity contribution in [2.45, 2.75) is 13.1 Å². The molecule has 0 atom stereocenters. The van der Waals surface area contributed by atoms with Gasteiger partial charge >= 0.3 is 0 Å². The van der Waals surface area contributed by atoms with Crippen molar-refractivity contribution in [1.29, 1.82) is 5.26 Å². The zero-order valence-corrected chi connectivity index (χ0v) is 10.5. The number of nitrogens with one attached hydrogen (secondary N) is 1. The first-order chi connectivity index (χ1) is 9.76. The molecule has 3 rings (SSSR count). The molecule has 98 valence electrons. The van der Waals surface area contributed by atoms with E-state index in [4.69, 9.17) is 5.26 Å². The van der Waals surface area contributed by atoms with Gasteiger partial charge in [0.15, 0.2) is 0 Å². The second-order valence-corrected chi connectivity index (χ2v) is 4.36. The fraction of sp³-hybridized carbons (Fsp3) is 0.214. The number of nitrogens with zero attached hydrogens (tertiary/aromatic N) is 4. The van der Waals surface area contributed by atoms with Gasteiger partial charge in [-0.2, -0.15) is 5.26 Å². The molecule has 2 heterocycles. The van der Waals surface area contributed by atoms with Crippen LogP contribution in [-0.2, 0) is 13.1 Å². The average molecular weight is 267 g/mol. The van der Waals surface area contributed by atoms with Crippen LogP contribution in [0.15, 0.2) is 18.2 Å². The molecule has 20 heavy (non-hydrogen) atoms. The maximum absolute atomic E-state index is 13.3. The first-order valence-corrected chi connectivity index (χ1v) is 6.12. The molecule has 0 radical (unpaired) electrons. The van der Waals surface area contributed by atoms with Crippen molar-refractivity contribution in [2.75, 3.05) is 6.54 Å². The summed E-state index contributed by atoms with van der Waals surface area (Å²) in [5.41, 5.74) is 0.703. The van der Waals surface area contributed by atoms with E-state index in [1.165, 1.54) is 12.1 Å². The number of aromatic nitrogens is 3. The summed E-state index contributed by atoms with van der Waals surface area (Å²) in [5.74, 6) is 6.64. The van der Waals surface area contributed by atoms with Crippen molar-refractivity contribution in [3.63, 3.8) is 0 Å². The minimum atomic E-state index is -0.471. The molecule has 6 heteroatoms. The lowest BCUT2D eigenvalue weighted by Crippen LogP contribution is -2.28. The number of fused-ring (bicyclic) bond motifs is 1. The summed E-state index contributed by atoms with van der Waals surface area (Å²) in [7, 11) is 0. The second-order valence-electron chi connectivity index (χ2n) is 4.36. The highest BCUT2D eigenvalue weighted by Crippen LogP contribution is 2.08. The predicted octanol–water partition coefficient (Wildman–Crippen LogP) is 0.792. The third-order valence-corrected chi connectivity index (χ3v) is 2.97. The Morgan fingerprint density at radius 1 is 1.20 bits per heavy atom. The molecule has 0 fully saturated rings. The van der Waals surface area contributed by atoms with Crippen LogP contribution in [0.5, 0.6) is 0 Å². The molecule has 0 bridgehead atoms. The largest absolute Gasteiger partial charge is 0.308 e. The number of hydrogen-bond acceptors (Lipinski definition) is 4. The summed E-state index contributed by atoms with van der Waals surface area (Å²) in [6.45, 7) is 2.28. The Hall–Kier alpha value is -2.70. The molecule has 1 aliphatic rings. The van der Waals surface area contributed by atoms with Crippen molar-refractivity contribution in [2.24, 2.45) is 0 Å². The van der Waals surface area contributed by atoms with E-state index in [1.54, 1.807) is 6.07 Å². The summed E-state index contributed by atoms with van der Waals surface area (Å²) >= 11 is 0. The predicted molar refractivity (Wildman–Crippen MR) is 68.8 cm³/mol. The standard InChI is InChI=1S/C14H10FN5/c15-12-6-10(5-11(7-12)8-16)1-2-13-18-19-14-9-17-3-4-20(13)14/h5-7,17H,3-4,9H2. The van der Waals surface area contributed by atoms with E-state index < -0.39 is 5.82 Å². The van der Waals surface area contributed by atoms with E-state index in [2.05, 4.69) is 27.4 Å². The van der Waals surface area contributed by atoms with Gasteiger partial charge in [0.25, 0.3) is 0 Å². The van der Waals surface area contributed by atoms with Crippen LogP contribution < -0.4 is 5.32 Å². The minimum absolute atomic E-state index is 0.252. The van der Waals surface area contributed by atoms with Crippen LogP contribution in [0.2, 0.25) is 0 Å². The Kier molecular flexibility index (Phi) is 3.16. The number of nitriles is 1. The van der Waals surface area contributed by atoms with E-state index in [-0.39, 0.29) is 5.56 Å². The molecule has 0 amide bonds. The van der Waals surface area contributed by atoms with E-state index in [0.29, 0.717) is 17.9 Å². The van der Waals surface area contributed by atoms with Crippen LogP contribution in [0.3, 0.4) is 0 Å². The van der Waals surface area contributed by atoms with Gasteiger partial charge in [0.05, 0.1) is 18.2 Å². The number of rotatable bonds is 0. The monoisotopic (exact) mass is 267 g/mol. The summed E-state index contributed by atoms with van der Waals surface area (Å²) in [5, 5.41) is 20.1. The summed E-state index contributed by atoms with van der Waals surface area (Å²) in [4.78, 5) is 0. The van der Waals surface area contributed by atoms with Gasteiger partial charge in [0.2, 0.25) is 5.82 Å². The molecule has 0 saturated heterocycles. The van der Waals surface area contributed by atoms with Gasteiger partial charge in [-0.1, -0.05) is 5.92 Å². The van der Waals surface area contributed by atoms with Gasteiger partial charge in [0, 0.05) is 18.7 Å². The van der Waals surface area contributed by atoms with Crippen molar-refractivity contribution >= 4 is 0 Å². The van der Waals surface area contributed by atoms with Crippen LogP contribution >= 0.6 is 0 Å². The summed E-state index contributed by atoms with van der Waals surface area (Å²) < 4.78 is 15.2. The number of hydrogen-bond donors (Lipinski definition) is 1. The quantitative estimate of drug-likeness (QED) is 0.717. The third kappa shape index (κ3) is 2.37. The molecule has 0 aliphatic carbocycles. The smallest absolute Gasteiger partial charge is 0.208 e. The highest BCUT2D eigenvalue weighted by atomic mass is 19.1. The van der Waals surface area contributed by atoms with E-state index in [9.17, 15) is 4.39 Å². The van der Waals surface area contributed by atoms with E-state index >= 15 is 0 Å². The zero-order valence-electron chi connectivity index (χ0n) is 10.5. The molecule has 5 nitrogen and oxygen atoms in total. The van der Waals surface area contributed by atoms with Crippen LogP contribution in [-0.4, -0.2) is 21.3 Å². The maximum Gasteiger partial charge on any atom is 0.208 e. The van der Waals surface area contributed by atoms with Crippen molar-refractivity contribution in [3.8, 4) is 17.9 Å². The Morgan fingerprint density at radius 3 is 2.90 bits per heavy atom. The lowest BCUT2D eigenvalue weighted by Gasteiger charge is -2.13. The third-order valence-electron chi connectivity index (χ3n) is 2.97. The lowest BCUT2D eigenvalue weighted by atomic mass is 10.1. The van der Waals surface area contributed by atoms with Gasteiger partial charge in [-0.25, -0.2) is 4.39 Å². The summed E-state index contributed by atoms with van der Waals surface area (Å²) in [6, 6.07) is 5.92. The molecule has 1 N–H and O–H groups in total. The molecule has 1 aliphatic heterocycles. The maximum atomic E-state index is 13.3. The summed E-state index contributed by atoms with van der Waals surface area (Å²) in [6.07, 6.45) is 0. The fourth-order valence-corrected chi connectivity index (χ4v) is 2.04. The molecular formula is C14H10FN5. The molecular weight excluding hydrogens is 257 g/mol. The van der Waals surface area contributed by atoms with Gasteiger partial charge in [-0.3, -0.25) is 0 Å². The molecule has 1 aromatic heterocycles. The molecule has 2 aromatic rings. The normalized spacial score (nSPS) is 13.0. The van der Waals surface area contributed by atoms with Gasteiger partial charge in [-0.15, -0.1) is 10.2 Å². The van der Waals surface area contributed by atoms with E-state index in [1.807, 2.05) is 10.6 Å². The zero-order chi connectivity index (χ0) is 13.9. The van der Waals surface area contributed by atoms with E-state index in [0.717, 1.165) is 18.9 Å². The molecule has 1 aromatic carbocycles. The Labute approximate surface area is 115 Å². The van der Waals surface area contributed by atoms with Crippen molar-refractivity contribution < 1.29 is 4.39 Å². The highest BCUT2D eigenvalue weighted by Gasteiger charge is 2.13. The second kappa shape index (κ2) is 5.12. The number of halogens is 1. The van der Waals surface area contributed by atoms with Crippen LogP contribution in [0.4, 0.5) is 4.39 Å².